The van der Waals surface area contributed by atoms with Crippen LogP contribution in [-0.4, -0.2) is 23.8 Å². The fraction of sp³-hybridized carbons (Fsp3) is 0.0435. The number of rotatable bonds is 5. The van der Waals surface area contributed by atoms with Gasteiger partial charge in [-0.25, -0.2) is 5.43 Å². The number of ether oxygens (including phenoxy) is 1. The summed E-state index contributed by atoms with van der Waals surface area (Å²) in [4.78, 5) is 12.1. The molecule has 0 saturated heterocycles. The molecule has 3 aromatic carbocycles. The summed E-state index contributed by atoms with van der Waals surface area (Å²) in [7, 11) is 0. The average molecular weight is 405 g/mol. The summed E-state index contributed by atoms with van der Waals surface area (Å²) in [5, 5.41) is 13.4. The van der Waals surface area contributed by atoms with Crippen molar-refractivity contribution in [2.75, 3.05) is 6.61 Å². The number of amides is 1. The van der Waals surface area contributed by atoms with E-state index in [1.54, 1.807) is 0 Å². The minimum absolute atomic E-state index is 0.0844. The number of aromatic hydroxyl groups is 1. The normalized spacial score (nSPS) is 10.2. The Morgan fingerprint density at radius 2 is 1.93 bits per heavy atom. The van der Waals surface area contributed by atoms with Crippen LogP contribution in [0.25, 0.3) is 0 Å². The predicted molar refractivity (Wildman–Crippen MR) is 113 cm³/mol. The molecule has 1 amide bonds. The fourth-order valence-corrected chi connectivity index (χ4v) is 2.53. The van der Waals surface area contributed by atoms with Crippen LogP contribution in [0.4, 0.5) is 0 Å². The molecule has 0 bridgehead atoms. The SMILES string of the molecule is O=C(NN=Cc1cccc(C#CCOc2ccccc2)c1)c1ccc(O)c(Cl)c1. The number of carbonyl (C=O) groups excluding carboxylic acids is 1. The second-order valence-electron chi connectivity index (χ2n) is 5.89. The number of phenols is 1. The van der Waals surface area contributed by atoms with Crippen LogP contribution in [-0.2, 0) is 0 Å². The first-order chi connectivity index (χ1) is 14.1. The molecule has 0 unspecified atom stereocenters. The van der Waals surface area contributed by atoms with E-state index in [4.69, 9.17) is 16.3 Å². The summed E-state index contributed by atoms with van der Waals surface area (Å²) in [6.45, 7) is 0.285. The third-order valence-electron chi connectivity index (χ3n) is 3.76. The van der Waals surface area contributed by atoms with Crippen molar-refractivity contribution in [1.29, 1.82) is 0 Å². The Morgan fingerprint density at radius 1 is 1.10 bits per heavy atom. The molecule has 144 valence electrons. The van der Waals surface area contributed by atoms with Crippen LogP contribution >= 0.6 is 11.6 Å². The molecule has 3 rings (SSSR count). The van der Waals surface area contributed by atoms with E-state index < -0.39 is 5.91 Å². The van der Waals surface area contributed by atoms with Crippen LogP contribution < -0.4 is 10.2 Å². The summed E-state index contributed by atoms with van der Waals surface area (Å²) in [6.07, 6.45) is 1.52. The minimum atomic E-state index is -0.433. The van der Waals surface area contributed by atoms with E-state index in [9.17, 15) is 9.90 Å². The molecular weight excluding hydrogens is 388 g/mol. The van der Waals surface area contributed by atoms with Gasteiger partial charge < -0.3 is 9.84 Å². The maximum absolute atomic E-state index is 12.1. The van der Waals surface area contributed by atoms with Crippen molar-refractivity contribution in [3.8, 4) is 23.3 Å². The summed E-state index contributed by atoms with van der Waals surface area (Å²) >= 11 is 5.80. The molecule has 29 heavy (non-hydrogen) atoms. The number of carbonyl (C=O) groups is 1. The van der Waals surface area contributed by atoms with Crippen LogP contribution in [0.5, 0.6) is 11.5 Å². The first-order valence-corrected chi connectivity index (χ1v) is 9.08. The number of halogens is 1. The lowest BCUT2D eigenvalue weighted by atomic mass is 10.1. The van der Waals surface area contributed by atoms with E-state index in [-0.39, 0.29) is 17.4 Å². The topological polar surface area (TPSA) is 70.9 Å². The Balaban J connectivity index is 1.56. The quantitative estimate of drug-likeness (QED) is 0.379. The van der Waals surface area contributed by atoms with Gasteiger partial charge in [0.1, 0.15) is 18.1 Å². The molecule has 0 aliphatic rings. The van der Waals surface area contributed by atoms with Gasteiger partial charge >= 0.3 is 0 Å². The van der Waals surface area contributed by atoms with Crippen LogP contribution in [0.3, 0.4) is 0 Å². The highest BCUT2D eigenvalue weighted by Gasteiger charge is 2.07. The lowest BCUT2D eigenvalue weighted by Gasteiger charge is -2.02. The van der Waals surface area contributed by atoms with Crippen molar-refractivity contribution < 1.29 is 14.6 Å². The Labute approximate surface area is 173 Å². The van der Waals surface area contributed by atoms with Gasteiger partial charge in [0.05, 0.1) is 11.2 Å². The van der Waals surface area contributed by atoms with Gasteiger partial charge in [-0.1, -0.05) is 53.8 Å². The van der Waals surface area contributed by atoms with Gasteiger partial charge in [0, 0.05) is 11.1 Å². The van der Waals surface area contributed by atoms with E-state index in [0.29, 0.717) is 5.56 Å². The number of hydrogen-bond donors (Lipinski definition) is 2. The average Bonchev–Trinajstić information content (AvgIpc) is 2.74. The number of hydrogen-bond acceptors (Lipinski definition) is 4. The summed E-state index contributed by atoms with van der Waals surface area (Å²) in [6, 6.07) is 21.1. The van der Waals surface area contributed by atoms with E-state index in [1.165, 1.54) is 24.4 Å². The molecule has 0 aliphatic heterocycles. The molecule has 0 atom stereocenters. The first kappa shape index (κ1) is 20.0. The highest BCUT2D eigenvalue weighted by molar-refractivity contribution is 6.32. The lowest BCUT2D eigenvalue weighted by molar-refractivity contribution is 0.0955. The molecule has 0 aliphatic carbocycles. The summed E-state index contributed by atoms with van der Waals surface area (Å²) < 4.78 is 5.53. The van der Waals surface area contributed by atoms with Crippen molar-refractivity contribution in [3.05, 3.63) is 94.5 Å². The Kier molecular flexibility index (Phi) is 6.88. The van der Waals surface area contributed by atoms with E-state index >= 15 is 0 Å². The molecule has 0 heterocycles. The standard InChI is InChI=1S/C23H17ClN2O3/c24-21-15-19(11-12-22(21)27)23(28)26-25-16-18-7-4-6-17(14-18)8-5-13-29-20-9-2-1-3-10-20/h1-4,6-7,9-12,14-16,27H,13H2,(H,26,28). The number of phenolic OH excluding ortho intramolecular Hbond substituents is 1. The lowest BCUT2D eigenvalue weighted by Crippen LogP contribution is -2.17. The fourth-order valence-electron chi connectivity index (χ4n) is 2.35. The Hall–Kier alpha value is -3.75. The summed E-state index contributed by atoms with van der Waals surface area (Å²) in [5.74, 6) is 6.25. The van der Waals surface area contributed by atoms with Gasteiger partial charge in [-0.15, -0.1) is 0 Å². The predicted octanol–water partition coefficient (Wildman–Crippen LogP) is 4.24. The summed E-state index contributed by atoms with van der Waals surface area (Å²) in [5.41, 5.74) is 4.30. The molecule has 3 aromatic rings. The van der Waals surface area contributed by atoms with Crippen LogP contribution in [0.2, 0.25) is 5.02 Å². The van der Waals surface area contributed by atoms with Crippen LogP contribution in [0.1, 0.15) is 21.5 Å². The maximum atomic E-state index is 12.1. The van der Waals surface area contributed by atoms with E-state index in [1.807, 2.05) is 54.6 Å². The molecule has 5 nitrogen and oxygen atoms in total. The molecule has 0 spiro atoms. The highest BCUT2D eigenvalue weighted by atomic mass is 35.5. The zero-order chi connectivity index (χ0) is 20.5. The first-order valence-electron chi connectivity index (χ1n) is 8.70. The maximum Gasteiger partial charge on any atom is 0.271 e. The van der Waals surface area contributed by atoms with Crippen molar-refractivity contribution >= 4 is 23.7 Å². The van der Waals surface area contributed by atoms with Crippen molar-refractivity contribution in [2.24, 2.45) is 5.10 Å². The van der Waals surface area contributed by atoms with Gasteiger partial charge in [-0.2, -0.15) is 5.10 Å². The second-order valence-corrected chi connectivity index (χ2v) is 6.30. The number of hydrazone groups is 1. The number of nitrogens with one attached hydrogen (secondary N) is 1. The van der Waals surface area contributed by atoms with Gasteiger partial charge in [-0.3, -0.25) is 4.79 Å². The molecular formula is C23H17ClN2O3. The third-order valence-corrected chi connectivity index (χ3v) is 4.07. The van der Waals surface area contributed by atoms with Crippen LogP contribution in [0.15, 0.2) is 77.9 Å². The van der Waals surface area contributed by atoms with Gasteiger partial charge in [0.2, 0.25) is 0 Å². The van der Waals surface area contributed by atoms with Crippen molar-refractivity contribution in [3.63, 3.8) is 0 Å². The Morgan fingerprint density at radius 3 is 2.72 bits per heavy atom. The number of para-hydroxylation sites is 1. The minimum Gasteiger partial charge on any atom is -0.506 e. The molecule has 0 radical (unpaired) electrons. The van der Waals surface area contributed by atoms with Gasteiger partial charge in [0.15, 0.2) is 0 Å². The zero-order valence-electron chi connectivity index (χ0n) is 15.3. The molecule has 6 heteroatoms. The third kappa shape index (κ3) is 6.13. The second kappa shape index (κ2) is 9.98. The Bertz CT molecular complexity index is 1090. The molecule has 2 N–H and O–H groups in total. The largest absolute Gasteiger partial charge is 0.506 e. The number of nitrogens with zero attached hydrogens (tertiary/aromatic N) is 1. The smallest absolute Gasteiger partial charge is 0.271 e. The van der Waals surface area contributed by atoms with Gasteiger partial charge in [-0.05, 0) is 48.0 Å². The molecule has 0 fully saturated rings. The van der Waals surface area contributed by atoms with E-state index in [2.05, 4.69) is 22.4 Å². The van der Waals surface area contributed by atoms with E-state index in [0.717, 1.165) is 16.9 Å². The molecule has 0 aromatic heterocycles. The van der Waals surface area contributed by atoms with Crippen LogP contribution in [0, 0.1) is 11.8 Å². The van der Waals surface area contributed by atoms with Crippen molar-refractivity contribution in [1.82, 2.24) is 5.43 Å². The highest BCUT2D eigenvalue weighted by Crippen LogP contribution is 2.23. The van der Waals surface area contributed by atoms with Crippen molar-refractivity contribution in [2.45, 2.75) is 0 Å². The monoisotopic (exact) mass is 404 g/mol. The zero-order valence-corrected chi connectivity index (χ0v) is 16.1. The number of benzene rings is 3. The van der Waals surface area contributed by atoms with Gasteiger partial charge in [0.25, 0.3) is 5.91 Å². The molecule has 0 saturated carbocycles.